The zero-order valence-electron chi connectivity index (χ0n) is 12.2. The molecule has 0 amide bonds. The minimum Gasteiger partial charge on any atom is -0.494 e. The van der Waals surface area contributed by atoms with E-state index in [0.29, 0.717) is 0 Å². The van der Waals surface area contributed by atoms with Crippen LogP contribution in [0, 0.1) is 12.7 Å². The Kier molecular flexibility index (Phi) is 4.74. The van der Waals surface area contributed by atoms with Crippen molar-refractivity contribution < 1.29 is 9.13 Å². The lowest BCUT2D eigenvalue weighted by Crippen LogP contribution is -2.11. The molecule has 20 heavy (non-hydrogen) atoms. The monoisotopic (exact) mass is 273 g/mol. The second kappa shape index (κ2) is 6.53. The molecular formula is C17H20FNO. The summed E-state index contributed by atoms with van der Waals surface area (Å²) in [6.07, 6.45) is 0. The number of hydrogen-bond acceptors (Lipinski definition) is 2. The third-order valence-electron chi connectivity index (χ3n) is 3.34. The first-order chi connectivity index (χ1) is 9.65. The summed E-state index contributed by atoms with van der Waals surface area (Å²) < 4.78 is 18.8. The lowest BCUT2D eigenvalue weighted by molar-refractivity contribution is 0.386. The number of halogens is 1. The maximum Gasteiger partial charge on any atom is 0.165 e. The van der Waals surface area contributed by atoms with E-state index in [2.05, 4.69) is 30.4 Å². The smallest absolute Gasteiger partial charge is 0.165 e. The van der Waals surface area contributed by atoms with Gasteiger partial charge in [-0.2, -0.15) is 0 Å². The molecule has 2 aromatic carbocycles. The fourth-order valence-corrected chi connectivity index (χ4v) is 2.19. The number of hydrogen-bond donors (Lipinski definition) is 1. The van der Waals surface area contributed by atoms with Crippen LogP contribution >= 0.6 is 0 Å². The van der Waals surface area contributed by atoms with Gasteiger partial charge in [0.25, 0.3) is 0 Å². The van der Waals surface area contributed by atoms with E-state index in [-0.39, 0.29) is 11.6 Å². The van der Waals surface area contributed by atoms with Crippen LogP contribution in [0.25, 0.3) is 11.1 Å². The molecule has 1 N–H and O–H groups in total. The van der Waals surface area contributed by atoms with Gasteiger partial charge in [-0.15, -0.1) is 0 Å². The molecule has 2 rings (SSSR count). The van der Waals surface area contributed by atoms with Gasteiger partial charge in [0.2, 0.25) is 0 Å². The van der Waals surface area contributed by atoms with Crippen LogP contribution in [0.4, 0.5) is 4.39 Å². The summed E-state index contributed by atoms with van der Waals surface area (Å²) in [6, 6.07) is 11.4. The molecule has 3 heteroatoms. The predicted molar refractivity (Wildman–Crippen MR) is 80.5 cm³/mol. The van der Waals surface area contributed by atoms with Gasteiger partial charge in [-0.3, -0.25) is 0 Å². The zero-order valence-corrected chi connectivity index (χ0v) is 12.2. The number of aryl methyl sites for hydroxylation is 1. The molecule has 106 valence electrons. The minimum absolute atomic E-state index is 0.273. The number of rotatable bonds is 5. The van der Waals surface area contributed by atoms with E-state index in [1.807, 2.05) is 13.0 Å². The maximum absolute atomic E-state index is 13.8. The summed E-state index contributed by atoms with van der Waals surface area (Å²) in [5.74, 6) is -0.0586. The van der Waals surface area contributed by atoms with Crippen molar-refractivity contribution >= 4 is 0 Å². The molecule has 0 aliphatic carbocycles. The summed E-state index contributed by atoms with van der Waals surface area (Å²) in [5, 5.41) is 3.30. The molecular weight excluding hydrogens is 253 g/mol. The van der Waals surface area contributed by atoms with E-state index >= 15 is 0 Å². The Hall–Kier alpha value is -1.87. The Labute approximate surface area is 119 Å². The van der Waals surface area contributed by atoms with Crippen molar-refractivity contribution in [2.75, 3.05) is 13.7 Å². The molecule has 0 aliphatic rings. The minimum atomic E-state index is -0.332. The van der Waals surface area contributed by atoms with Gasteiger partial charge in [-0.05, 0) is 53.9 Å². The molecule has 2 nitrogen and oxygen atoms in total. The van der Waals surface area contributed by atoms with Gasteiger partial charge in [0, 0.05) is 6.54 Å². The molecule has 0 aromatic heterocycles. The largest absolute Gasteiger partial charge is 0.494 e. The van der Waals surface area contributed by atoms with Gasteiger partial charge >= 0.3 is 0 Å². The van der Waals surface area contributed by atoms with E-state index in [9.17, 15) is 4.39 Å². The lowest BCUT2D eigenvalue weighted by Gasteiger charge is -2.11. The SMILES string of the molecule is CCNCc1ccc(C)c(-c2ccc(OC)c(F)c2)c1. The summed E-state index contributed by atoms with van der Waals surface area (Å²) in [4.78, 5) is 0. The van der Waals surface area contributed by atoms with E-state index in [4.69, 9.17) is 4.74 Å². The fourth-order valence-electron chi connectivity index (χ4n) is 2.19. The van der Waals surface area contributed by atoms with Crippen LogP contribution in [0.2, 0.25) is 0 Å². The molecule has 0 heterocycles. The highest BCUT2D eigenvalue weighted by Crippen LogP contribution is 2.28. The number of ether oxygens (including phenoxy) is 1. The molecule has 0 saturated carbocycles. The number of methoxy groups -OCH3 is 1. The quantitative estimate of drug-likeness (QED) is 0.891. The first-order valence-corrected chi connectivity index (χ1v) is 6.80. The van der Waals surface area contributed by atoms with Crippen LogP contribution in [0.15, 0.2) is 36.4 Å². The number of nitrogens with one attached hydrogen (secondary N) is 1. The normalized spacial score (nSPS) is 10.6. The summed E-state index contributed by atoms with van der Waals surface area (Å²) in [5.41, 5.74) is 4.26. The van der Waals surface area contributed by atoms with Crippen molar-refractivity contribution in [1.29, 1.82) is 0 Å². The standard InChI is InChI=1S/C17H20FNO/c1-4-19-11-13-6-5-12(2)15(9-13)14-7-8-17(20-3)16(18)10-14/h5-10,19H,4,11H2,1-3H3. The molecule has 0 bridgehead atoms. The lowest BCUT2D eigenvalue weighted by atomic mass is 9.98. The molecule has 0 saturated heterocycles. The van der Waals surface area contributed by atoms with Crippen LogP contribution in [0.3, 0.4) is 0 Å². The third kappa shape index (κ3) is 3.17. The predicted octanol–water partition coefficient (Wildman–Crippen LogP) is 3.92. The van der Waals surface area contributed by atoms with Crippen LogP contribution in [0.5, 0.6) is 5.75 Å². The van der Waals surface area contributed by atoms with Crippen molar-refractivity contribution in [2.45, 2.75) is 20.4 Å². The van der Waals surface area contributed by atoms with Crippen molar-refractivity contribution in [3.63, 3.8) is 0 Å². The Bertz CT molecular complexity index is 596. The topological polar surface area (TPSA) is 21.3 Å². The van der Waals surface area contributed by atoms with Crippen molar-refractivity contribution in [3.05, 3.63) is 53.3 Å². The summed E-state index contributed by atoms with van der Waals surface area (Å²) in [6.45, 7) is 5.87. The zero-order chi connectivity index (χ0) is 14.5. The fraction of sp³-hybridized carbons (Fsp3) is 0.294. The van der Waals surface area contributed by atoms with Gasteiger partial charge in [-0.25, -0.2) is 4.39 Å². The summed E-state index contributed by atoms with van der Waals surface area (Å²) in [7, 11) is 1.47. The second-order valence-corrected chi connectivity index (χ2v) is 4.78. The Morgan fingerprint density at radius 3 is 2.60 bits per heavy atom. The van der Waals surface area contributed by atoms with Gasteiger partial charge in [0.1, 0.15) is 0 Å². The Morgan fingerprint density at radius 2 is 1.95 bits per heavy atom. The first kappa shape index (κ1) is 14.5. The van der Waals surface area contributed by atoms with Gasteiger partial charge in [-0.1, -0.05) is 25.1 Å². The molecule has 0 unspecified atom stereocenters. The molecule has 0 radical (unpaired) electrons. The second-order valence-electron chi connectivity index (χ2n) is 4.78. The number of benzene rings is 2. The van der Waals surface area contributed by atoms with E-state index in [0.717, 1.165) is 29.8 Å². The van der Waals surface area contributed by atoms with Crippen LogP contribution < -0.4 is 10.1 Å². The van der Waals surface area contributed by atoms with E-state index < -0.39 is 0 Å². The Morgan fingerprint density at radius 1 is 1.15 bits per heavy atom. The van der Waals surface area contributed by atoms with Crippen molar-refractivity contribution in [1.82, 2.24) is 5.32 Å². The van der Waals surface area contributed by atoms with Gasteiger partial charge < -0.3 is 10.1 Å². The van der Waals surface area contributed by atoms with Gasteiger partial charge in [0.15, 0.2) is 11.6 Å². The average molecular weight is 273 g/mol. The van der Waals surface area contributed by atoms with Crippen LogP contribution in [-0.4, -0.2) is 13.7 Å². The molecule has 0 spiro atoms. The average Bonchev–Trinajstić information content (AvgIpc) is 2.46. The molecule has 0 atom stereocenters. The van der Waals surface area contributed by atoms with Gasteiger partial charge in [0.05, 0.1) is 7.11 Å². The first-order valence-electron chi connectivity index (χ1n) is 6.80. The summed E-state index contributed by atoms with van der Waals surface area (Å²) >= 11 is 0. The highest BCUT2D eigenvalue weighted by Gasteiger charge is 2.08. The van der Waals surface area contributed by atoms with E-state index in [1.54, 1.807) is 6.07 Å². The van der Waals surface area contributed by atoms with Crippen LogP contribution in [-0.2, 0) is 6.54 Å². The van der Waals surface area contributed by atoms with Crippen molar-refractivity contribution in [3.8, 4) is 16.9 Å². The molecule has 0 fully saturated rings. The third-order valence-corrected chi connectivity index (χ3v) is 3.34. The highest BCUT2D eigenvalue weighted by molar-refractivity contribution is 5.68. The maximum atomic E-state index is 13.8. The Balaban J connectivity index is 2.38. The van der Waals surface area contributed by atoms with E-state index in [1.165, 1.54) is 18.7 Å². The highest BCUT2D eigenvalue weighted by atomic mass is 19.1. The van der Waals surface area contributed by atoms with Crippen molar-refractivity contribution in [2.24, 2.45) is 0 Å². The molecule has 2 aromatic rings. The molecule has 0 aliphatic heterocycles. The van der Waals surface area contributed by atoms with Crippen LogP contribution in [0.1, 0.15) is 18.1 Å².